The number of hydrogen-bond donors (Lipinski definition) is 0. The summed E-state index contributed by atoms with van der Waals surface area (Å²) >= 11 is 1.58. The Balaban J connectivity index is 1.86. The van der Waals surface area contributed by atoms with E-state index < -0.39 is 0 Å². The van der Waals surface area contributed by atoms with Crippen LogP contribution in [-0.2, 0) is 4.74 Å². The zero-order valence-electron chi connectivity index (χ0n) is 11.3. The second-order valence-corrected chi connectivity index (χ2v) is 5.57. The number of ether oxygens (including phenoxy) is 1. The van der Waals surface area contributed by atoms with Crippen molar-refractivity contribution in [2.45, 2.75) is 0 Å². The smallest absolute Gasteiger partial charge is 0.176 e. The summed E-state index contributed by atoms with van der Waals surface area (Å²) in [6.07, 6.45) is 3.52. The molecule has 3 aromatic heterocycles. The van der Waals surface area contributed by atoms with E-state index in [1.807, 2.05) is 17.6 Å². The third-order valence-corrected chi connectivity index (χ3v) is 4.22. The van der Waals surface area contributed by atoms with Crippen LogP contribution in [0.25, 0.3) is 21.7 Å². The third kappa shape index (κ3) is 2.34. The Kier molecular flexibility index (Phi) is 3.21. The summed E-state index contributed by atoms with van der Waals surface area (Å²) in [6, 6.07) is 3.85. The molecule has 0 amide bonds. The topological polar surface area (TPSA) is 64.0 Å². The van der Waals surface area contributed by atoms with Crippen LogP contribution in [0.5, 0.6) is 0 Å². The van der Waals surface area contributed by atoms with Gasteiger partial charge in [0.05, 0.1) is 18.7 Å². The molecule has 0 N–H and O–H groups in total. The number of rotatable bonds is 2. The lowest BCUT2D eigenvalue weighted by molar-refractivity contribution is 0.122. The fourth-order valence-electron chi connectivity index (χ4n) is 2.36. The molecule has 0 spiro atoms. The van der Waals surface area contributed by atoms with Crippen LogP contribution in [0.15, 0.2) is 30.0 Å². The molecule has 7 heteroatoms. The first-order chi connectivity index (χ1) is 10.4. The largest absolute Gasteiger partial charge is 0.378 e. The Morgan fingerprint density at radius 3 is 2.90 bits per heavy atom. The van der Waals surface area contributed by atoms with Crippen LogP contribution in [0.1, 0.15) is 0 Å². The molecular formula is C14H13N5OS. The minimum absolute atomic E-state index is 0.669. The van der Waals surface area contributed by atoms with Gasteiger partial charge < -0.3 is 9.64 Å². The fraction of sp³-hybridized carbons (Fsp3) is 0.286. The molecule has 0 bridgehead atoms. The van der Waals surface area contributed by atoms with E-state index in [9.17, 15) is 0 Å². The molecule has 1 aliphatic rings. The monoisotopic (exact) mass is 299 g/mol. The number of hydrogen-bond acceptors (Lipinski definition) is 7. The van der Waals surface area contributed by atoms with Gasteiger partial charge in [-0.05, 0) is 12.1 Å². The van der Waals surface area contributed by atoms with Gasteiger partial charge in [-0.1, -0.05) is 0 Å². The molecule has 4 rings (SSSR count). The summed E-state index contributed by atoms with van der Waals surface area (Å²) in [5.41, 5.74) is 3.47. The first-order valence-electron chi connectivity index (χ1n) is 6.76. The van der Waals surface area contributed by atoms with Gasteiger partial charge in [0.25, 0.3) is 0 Å². The van der Waals surface area contributed by atoms with E-state index in [1.165, 1.54) is 0 Å². The average molecular weight is 299 g/mol. The van der Waals surface area contributed by atoms with Gasteiger partial charge in [0.15, 0.2) is 17.3 Å². The summed E-state index contributed by atoms with van der Waals surface area (Å²) in [5, 5.41) is 0. The van der Waals surface area contributed by atoms with Crippen molar-refractivity contribution in [1.82, 2.24) is 19.9 Å². The zero-order valence-corrected chi connectivity index (χ0v) is 12.1. The van der Waals surface area contributed by atoms with Crippen LogP contribution in [0, 0.1) is 0 Å². The standard InChI is InChI=1S/C14H13N5OS/c1-2-10(8-15-3-1)12-17-13-11(21-9-16-13)14(18-12)19-4-6-20-7-5-19/h1-3,8-9H,4-7H2. The summed E-state index contributed by atoms with van der Waals surface area (Å²) in [5.74, 6) is 1.62. The Hall–Kier alpha value is -2.12. The second kappa shape index (κ2) is 5.34. The first-order valence-corrected chi connectivity index (χ1v) is 7.64. The van der Waals surface area contributed by atoms with Crippen molar-refractivity contribution in [3.63, 3.8) is 0 Å². The zero-order chi connectivity index (χ0) is 14.1. The molecule has 0 atom stereocenters. The van der Waals surface area contributed by atoms with Gasteiger partial charge in [-0.15, -0.1) is 11.3 Å². The van der Waals surface area contributed by atoms with E-state index in [4.69, 9.17) is 9.72 Å². The quantitative estimate of drug-likeness (QED) is 0.721. The summed E-state index contributed by atoms with van der Waals surface area (Å²) < 4.78 is 6.45. The molecule has 1 fully saturated rings. The van der Waals surface area contributed by atoms with E-state index in [-0.39, 0.29) is 0 Å². The number of morpholine rings is 1. The lowest BCUT2D eigenvalue weighted by Crippen LogP contribution is -2.36. The average Bonchev–Trinajstić information content (AvgIpc) is 3.04. The Morgan fingerprint density at radius 1 is 1.19 bits per heavy atom. The van der Waals surface area contributed by atoms with Gasteiger partial charge in [-0.25, -0.2) is 15.0 Å². The van der Waals surface area contributed by atoms with E-state index in [0.29, 0.717) is 5.82 Å². The summed E-state index contributed by atoms with van der Waals surface area (Å²) in [6.45, 7) is 3.14. The number of aromatic nitrogens is 4. The number of anilines is 1. The number of nitrogens with zero attached hydrogens (tertiary/aromatic N) is 5. The minimum atomic E-state index is 0.669. The highest BCUT2D eigenvalue weighted by Crippen LogP contribution is 2.30. The summed E-state index contributed by atoms with van der Waals surface area (Å²) in [7, 11) is 0. The predicted octanol–water partition coefficient (Wildman–Crippen LogP) is 1.98. The minimum Gasteiger partial charge on any atom is -0.378 e. The number of thiazole rings is 1. The van der Waals surface area contributed by atoms with Gasteiger partial charge in [-0.2, -0.15) is 0 Å². The predicted molar refractivity (Wildman–Crippen MR) is 81.5 cm³/mol. The lowest BCUT2D eigenvalue weighted by Gasteiger charge is -2.28. The van der Waals surface area contributed by atoms with Crippen LogP contribution in [-0.4, -0.2) is 46.2 Å². The van der Waals surface area contributed by atoms with Crippen molar-refractivity contribution in [1.29, 1.82) is 0 Å². The first kappa shape index (κ1) is 12.6. The van der Waals surface area contributed by atoms with Crippen molar-refractivity contribution in [2.24, 2.45) is 0 Å². The van der Waals surface area contributed by atoms with Crippen LogP contribution < -0.4 is 4.90 Å². The Bertz CT molecular complexity index is 754. The summed E-state index contributed by atoms with van der Waals surface area (Å²) in [4.78, 5) is 20.0. The van der Waals surface area contributed by atoms with E-state index in [0.717, 1.165) is 48.0 Å². The van der Waals surface area contributed by atoms with Gasteiger partial charge in [0.1, 0.15) is 4.70 Å². The van der Waals surface area contributed by atoms with E-state index in [1.54, 1.807) is 23.7 Å². The van der Waals surface area contributed by atoms with Gasteiger partial charge >= 0.3 is 0 Å². The Labute approximate surface area is 125 Å². The second-order valence-electron chi connectivity index (χ2n) is 4.72. The number of pyridine rings is 1. The lowest BCUT2D eigenvalue weighted by atomic mass is 10.2. The van der Waals surface area contributed by atoms with E-state index >= 15 is 0 Å². The number of fused-ring (bicyclic) bond motifs is 1. The molecule has 0 radical (unpaired) electrons. The highest BCUT2D eigenvalue weighted by Gasteiger charge is 2.19. The molecule has 0 unspecified atom stereocenters. The maximum Gasteiger partial charge on any atom is 0.176 e. The fourth-order valence-corrected chi connectivity index (χ4v) is 3.10. The SMILES string of the molecule is c1cncc(-c2nc(N3CCOCC3)c3scnc3n2)c1. The van der Waals surface area contributed by atoms with Gasteiger partial charge in [0, 0.05) is 31.0 Å². The highest BCUT2D eigenvalue weighted by atomic mass is 32.1. The van der Waals surface area contributed by atoms with Gasteiger partial charge in [-0.3, -0.25) is 4.98 Å². The maximum atomic E-state index is 5.42. The molecule has 21 heavy (non-hydrogen) atoms. The molecule has 106 valence electrons. The van der Waals surface area contributed by atoms with Crippen molar-refractivity contribution in [3.8, 4) is 11.4 Å². The van der Waals surface area contributed by atoms with Crippen LogP contribution in [0.3, 0.4) is 0 Å². The normalized spacial score (nSPS) is 15.5. The van der Waals surface area contributed by atoms with Crippen LogP contribution in [0.4, 0.5) is 5.82 Å². The molecule has 3 aromatic rings. The van der Waals surface area contributed by atoms with E-state index in [2.05, 4.69) is 19.9 Å². The molecule has 6 nitrogen and oxygen atoms in total. The van der Waals surface area contributed by atoms with Crippen molar-refractivity contribution in [3.05, 3.63) is 30.0 Å². The molecule has 1 aliphatic heterocycles. The molecule has 1 saturated heterocycles. The third-order valence-electron chi connectivity index (χ3n) is 3.41. The van der Waals surface area contributed by atoms with Crippen molar-refractivity contribution >= 4 is 27.5 Å². The van der Waals surface area contributed by atoms with Crippen molar-refractivity contribution in [2.75, 3.05) is 31.2 Å². The Morgan fingerprint density at radius 2 is 2.10 bits per heavy atom. The maximum absolute atomic E-state index is 5.42. The molecular weight excluding hydrogens is 286 g/mol. The van der Waals surface area contributed by atoms with Crippen LogP contribution >= 0.6 is 11.3 Å². The molecule has 4 heterocycles. The molecule has 0 aliphatic carbocycles. The van der Waals surface area contributed by atoms with Gasteiger partial charge in [0.2, 0.25) is 0 Å². The molecule has 0 aromatic carbocycles. The van der Waals surface area contributed by atoms with Crippen molar-refractivity contribution < 1.29 is 4.74 Å². The highest BCUT2D eigenvalue weighted by molar-refractivity contribution is 7.17. The molecule has 0 saturated carbocycles. The van der Waals surface area contributed by atoms with Crippen LogP contribution in [0.2, 0.25) is 0 Å².